The Bertz CT molecular complexity index is 1170. The van der Waals surface area contributed by atoms with E-state index in [2.05, 4.69) is 52.3 Å². The summed E-state index contributed by atoms with van der Waals surface area (Å²) in [6.45, 7) is 6.03. The molecule has 29 heavy (non-hydrogen) atoms. The van der Waals surface area contributed by atoms with E-state index in [9.17, 15) is 4.79 Å². The Morgan fingerprint density at radius 3 is 2.17 bits per heavy atom. The molecule has 3 heterocycles. The van der Waals surface area contributed by atoms with Gasteiger partial charge in [0.25, 0.3) is 5.56 Å². The molecule has 2 aromatic carbocycles. The lowest BCUT2D eigenvalue weighted by Gasteiger charge is -2.36. The second-order valence-electron chi connectivity index (χ2n) is 7.73. The van der Waals surface area contributed by atoms with E-state index in [1.807, 2.05) is 39.4 Å². The molecule has 5 nitrogen and oxygen atoms in total. The zero-order chi connectivity index (χ0) is 19.6. The lowest BCUT2D eigenvalue weighted by atomic mass is 10.2. The summed E-state index contributed by atoms with van der Waals surface area (Å²) in [5.74, 6) is 0. The zero-order valence-corrected chi connectivity index (χ0v) is 16.6. The van der Waals surface area contributed by atoms with Gasteiger partial charge in [0.1, 0.15) is 5.52 Å². The van der Waals surface area contributed by atoms with Crippen molar-refractivity contribution in [2.24, 2.45) is 0 Å². The molecular weight excluding hydrogens is 360 g/mol. The summed E-state index contributed by atoms with van der Waals surface area (Å²) in [5.41, 5.74) is 4.26. The van der Waals surface area contributed by atoms with Gasteiger partial charge in [0.2, 0.25) is 0 Å². The molecule has 2 aromatic heterocycles. The first-order chi connectivity index (χ1) is 14.3. The number of anilines is 1. The van der Waals surface area contributed by atoms with Crippen LogP contribution < -0.4 is 10.5 Å². The van der Waals surface area contributed by atoms with Crippen molar-refractivity contribution >= 4 is 22.2 Å². The van der Waals surface area contributed by atoms with Gasteiger partial charge in [-0.25, -0.2) is 0 Å². The van der Waals surface area contributed by atoms with Crippen molar-refractivity contribution in [2.75, 3.05) is 37.6 Å². The number of piperazine rings is 1. The number of aryl methyl sites for hydroxylation is 1. The Balaban J connectivity index is 1.26. The molecule has 5 heteroatoms. The smallest absolute Gasteiger partial charge is 0.275 e. The first kappa shape index (κ1) is 18.0. The Morgan fingerprint density at radius 2 is 1.38 bits per heavy atom. The van der Waals surface area contributed by atoms with Crippen LogP contribution >= 0.6 is 0 Å². The van der Waals surface area contributed by atoms with E-state index in [4.69, 9.17) is 0 Å². The van der Waals surface area contributed by atoms with Gasteiger partial charge in [-0.2, -0.15) is 0 Å². The lowest BCUT2D eigenvalue weighted by molar-refractivity contribution is 0.250. The number of hydrogen-bond donors (Lipinski definition) is 0. The number of benzene rings is 2. The van der Waals surface area contributed by atoms with E-state index in [0.717, 1.165) is 62.2 Å². The van der Waals surface area contributed by atoms with Crippen LogP contribution in [0.5, 0.6) is 0 Å². The van der Waals surface area contributed by atoms with Crippen molar-refractivity contribution in [3.05, 3.63) is 83.3 Å². The lowest BCUT2D eigenvalue weighted by Crippen LogP contribution is -2.46. The minimum Gasteiger partial charge on any atom is -0.369 e. The number of aromatic nitrogens is 2. The van der Waals surface area contributed by atoms with Crippen molar-refractivity contribution in [1.29, 1.82) is 0 Å². The normalized spacial score (nSPS) is 15.4. The highest BCUT2D eigenvalue weighted by atomic mass is 16.1. The number of hydrogen-bond acceptors (Lipinski definition) is 3. The second-order valence-corrected chi connectivity index (χ2v) is 7.73. The Labute approximate surface area is 170 Å². The van der Waals surface area contributed by atoms with Crippen molar-refractivity contribution in [1.82, 2.24) is 13.9 Å². The fourth-order valence-corrected chi connectivity index (χ4v) is 4.45. The molecule has 0 N–H and O–H groups in total. The minimum atomic E-state index is 0.0996. The number of rotatable bonds is 5. The summed E-state index contributed by atoms with van der Waals surface area (Å²) in [7, 11) is 0. The van der Waals surface area contributed by atoms with Crippen LogP contribution in [0.15, 0.2) is 77.7 Å². The summed E-state index contributed by atoms with van der Waals surface area (Å²) < 4.78 is 3.95. The molecule has 1 aliphatic rings. The SMILES string of the molecule is O=c1c2cccn2c2ccccc2n1CCCN1CCN(c2ccccc2)CC1. The maximum atomic E-state index is 13.0. The van der Waals surface area contributed by atoms with Crippen LogP contribution in [0.4, 0.5) is 5.69 Å². The molecule has 0 atom stereocenters. The highest BCUT2D eigenvalue weighted by Crippen LogP contribution is 2.17. The molecule has 1 saturated heterocycles. The molecule has 0 radical (unpaired) electrons. The van der Waals surface area contributed by atoms with E-state index < -0.39 is 0 Å². The van der Waals surface area contributed by atoms with Crippen LogP contribution in [0.1, 0.15) is 6.42 Å². The molecule has 0 bridgehead atoms. The molecule has 148 valence electrons. The number of fused-ring (bicyclic) bond motifs is 3. The third-order valence-electron chi connectivity index (χ3n) is 5.99. The molecule has 0 amide bonds. The predicted octanol–water partition coefficient (Wildman–Crippen LogP) is 3.47. The van der Waals surface area contributed by atoms with Crippen LogP contribution in [-0.4, -0.2) is 46.6 Å². The summed E-state index contributed by atoms with van der Waals surface area (Å²) in [4.78, 5) is 18.0. The largest absolute Gasteiger partial charge is 0.369 e. The molecular formula is C24H26N4O. The number of nitrogens with zero attached hydrogens (tertiary/aromatic N) is 4. The monoisotopic (exact) mass is 386 g/mol. The quantitative estimate of drug-likeness (QED) is 0.527. The van der Waals surface area contributed by atoms with Gasteiger partial charge < -0.3 is 13.9 Å². The fraction of sp³-hybridized carbons (Fsp3) is 0.292. The average Bonchev–Trinajstić information content (AvgIpc) is 3.28. The Morgan fingerprint density at radius 1 is 0.690 bits per heavy atom. The van der Waals surface area contributed by atoms with Gasteiger partial charge in [-0.05, 0) is 49.4 Å². The topological polar surface area (TPSA) is 32.9 Å². The highest BCUT2D eigenvalue weighted by molar-refractivity contribution is 5.79. The van der Waals surface area contributed by atoms with Gasteiger partial charge in [-0.3, -0.25) is 9.69 Å². The van der Waals surface area contributed by atoms with Crippen LogP contribution in [0.3, 0.4) is 0 Å². The van der Waals surface area contributed by atoms with E-state index in [1.54, 1.807) is 0 Å². The summed E-state index contributed by atoms with van der Waals surface area (Å²) in [5, 5.41) is 0. The molecule has 1 aliphatic heterocycles. The third-order valence-corrected chi connectivity index (χ3v) is 5.99. The van der Waals surface area contributed by atoms with Crippen LogP contribution in [0.25, 0.3) is 16.6 Å². The average molecular weight is 386 g/mol. The van der Waals surface area contributed by atoms with Crippen molar-refractivity contribution in [3.8, 4) is 0 Å². The van der Waals surface area contributed by atoms with Gasteiger partial charge in [-0.1, -0.05) is 30.3 Å². The van der Waals surface area contributed by atoms with Crippen molar-refractivity contribution in [2.45, 2.75) is 13.0 Å². The zero-order valence-electron chi connectivity index (χ0n) is 16.6. The maximum Gasteiger partial charge on any atom is 0.275 e. The summed E-state index contributed by atoms with van der Waals surface area (Å²) in [6.07, 6.45) is 2.95. The van der Waals surface area contributed by atoms with Crippen molar-refractivity contribution in [3.63, 3.8) is 0 Å². The predicted molar refractivity (Wildman–Crippen MR) is 119 cm³/mol. The van der Waals surface area contributed by atoms with Gasteiger partial charge in [0.15, 0.2) is 0 Å². The van der Waals surface area contributed by atoms with Crippen LogP contribution in [-0.2, 0) is 6.54 Å². The van der Waals surface area contributed by atoms with E-state index in [0.29, 0.717) is 0 Å². The minimum absolute atomic E-state index is 0.0996. The van der Waals surface area contributed by atoms with Crippen LogP contribution in [0.2, 0.25) is 0 Å². The Kier molecular flexibility index (Phi) is 4.82. The molecule has 4 aromatic rings. The van der Waals surface area contributed by atoms with Gasteiger partial charge >= 0.3 is 0 Å². The third kappa shape index (κ3) is 3.42. The van der Waals surface area contributed by atoms with E-state index in [-0.39, 0.29) is 5.56 Å². The fourth-order valence-electron chi connectivity index (χ4n) is 4.45. The molecule has 0 unspecified atom stereocenters. The molecule has 5 rings (SSSR count). The van der Waals surface area contributed by atoms with E-state index >= 15 is 0 Å². The van der Waals surface area contributed by atoms with Crippen molar-refractivity contribution < 1.29 is 0 Å². The van der Waals surface area contributed by atoms with Gasteiger partial charge in [0, 0.05) is 44.6 Å². The first-order valence-corrected chi connectivity index (χ1v) is 10.4. The van der Waals surface area contributed by atoms with E-state index in [1.165, 1.54) is 5.69 Å². The summed E-state index contributed by atoms with van der Waals surface area (Å²) in [6, 6.07) is 22.7. The van der Waals surface area contributed by atoms with Crippen LogP contribution in [0, 0.1) is 0 Å². The molecule has 0 saturated carbocycles. The highest BCUT2D eigenvalue weighted by Gasteiger charge is 2.17. The molecule has 1 fully saturated rings. The van der Waals surface area contributed by atoms with Gasteiger partial charge in [-0.15, -0.1) is 0 Å². The first-order valence-electron chi connectivity index (χ1n) is 10.4. The number of para-hydroxylation sites is 3. The molecule has 0 spiro atoms. The Hall–Kier alpha value is -3.05. The standard InChI is InChI=1S/C24H26N4O/c29-24-23-12-6-14-27(23)21-10-4-5-11-22(21)28(24)15-7-13-25-16-18-26(19-17-25)20-8-2-1-3-9-20/h1-6,8-12,14H,7,13,15-19H2. The summed E-state index contributed by atoms with van der Waals surface area (Å²) >= 11 is 0. The molecule has 0 aliphatic carbocycles. The van der Waals surface area contributed by atoms with Gasteiger partial charge in [0.05, 0.1) is 11.0 Å². The second kappa shape index (κ2) is 7.76. The maximum absolute atomic E-state index is 13.0.